The van der Waals surface area contributed by atoms with E-state index in [1.807, 2.05) is 13.8 Å². The lowest BCUT2D eigenvalue weighted by Gasteiger charge is -2.28. The Bertz CT molecular complexity index is 364. The van der Waals surface area contributed by atoms with Crippen molar-refractivity contribution >= 4 is 10.2 Å². The molecule has 0 bridgehead atoms. The Morgan fingerprint density at radius 1 is 1.32 bits per heavy atom. The molecule has 2 N–H and O–H groups in total. The highest BCUT2D eigenvalue weighted by molar-refractivity contribution is 7.87. The zero-order chi connectivity index (χ0) is 14.5. The fourth-order valence-electron chi connectivity index (χ4n) is 2.12. The summed E-state index contributed by atoms with van der Waals surface area (Å²) in [7, 11) is -1.73. The lowest BCUT2D eigenvalue weighted by atomic mass is 10.0. The summed E-state index contributed by atoms with van der Waals surface area (Å²) in [6, 6.07) is 0.684. The van der Waals surface area contributed by atoms with Crippen LogP contribution in [0.25, 0.3) is 0 Å². The standard InChI is InChI=1S/C13H29N3O2S/c1-5-9-13(2,3)15-19(17,18)16(4)11-6-10-14-12-7-8-12/h12,14-15H,5-11H2,1-4H3. The highest BCUT2D eigenvalue weighted by atomic mass is 32.2. The average molecular weight is 291 g/mol. The van der Waals surface area contributed by atoms with Crippen molar-refractivity contribution in [3.63, 3.8) is 0 Å². The molecule has 0 radical (unpaired) electrons. The maximum Gasteiger partial charge on any atom is 0.279 e. The highest BCUT2D eigenvalue weighted by Gasteiger charge is 2.27. The molecule has 114 valence electrons. The zero-order valence-electron chi connectivity index (χ0n) is 12.7. The molecule has 0 atom stereocenters. The first-order valence-electron chi connectivity index (χ1n) is 7.25. The average Bonchev–Trinajstić information content (AvgIpc) is 3.06. The van der Waals surface area contributed by atoms with E-state index < -0.39 is 10.2 Å². The topological polar surface area (TPSA) is 61.4 Å². The Labute approximate surface area is 118 Å². The minimum Gasteiger partial charge on any atom is -0.314 e. The van der Waals surface area contributed by atoms with E-state index >= 15 is 0 Å². The SMILES string of the molecule is CCCC(C)(C)NS(=O)(=O)N(C)CCCNC1CC1. The van der Waals surface area contributed by atoms with Crippen LogP contribution in [0.5, 0.6) is 0 Å². The van der Waals surface area contributed by atoms with Gasteiger partial charge in [0.25, 0.3) is 10.2 Å². The second kappa shape index (κ2) is 7.02. The second-order valence-corrected chi connectivity index (χ2v) is 7.92. The Hall–Kier alpha value is -0.170. The van der Waals surface area contributed by atoms with Crippen molar-refractivity contribution in [3.8, 4) is 0 Å². The summed E-state index contributed by atoms with van der Waals surface area (Å²) >= 11 is 0. The number of hydrogen-bond donors (Lipinski definition) is 2. The first kappa shape index (κ1) is 16.9. The van der Waals surface area contributed by atoms with Crippen LogP contribution < -0.4 is 10.0 Å². The minimum absolute atomic E-state index is 0.381. The van der Waals surface area contributed by atoms with E-state index in [0.29, 0.717) is 12.6 Å². The van der Waals surface area contributed by atoms with Gasteiger partial charge in [0.2, 0.25) is 0 Å². The molecule has 1 rings (SSSR count). The normalized spacial score (nSPS) is 17.1. The zero-order valence-corrected chi connectivity index (χ0v) is 13.5. The van der Waals surface area contributed by atoms with Crippen LogP contribution >= 0.6 is 0 Å². The maximum atomic E-state index is 12.2. The van der Waals surface area contributed by atoms with Gasteiger partial charge in [-0.25, -0.2) is 0 Å². The number of nitrogens with zero attached hydrogens (tertiary/aromatic N) is 1. The molecule has 6 heteroatoms. The third kappa shape index (κ3) is 6.70. The van der Waals surface area contributed by atoms with Crippen molar-refractivity contribution in [2.45, 2.75) is 64.5 Å². The number of hydrogen-bond acceptors (Lipinski definition) is 3. The molecule has 0 spiro atoms. The Kier molecular flexibility index (Phi) is 6.23. The summed E-state index contributed by atoms with van der Waals surface area (Å²) in [5.41, 5.74) is -0.381. The van der Waals surface area contributed by atoms with E-state index in [1.165, 1.54) is 17.1 Å². The van der Waals surface area contributed by atoms with Gasteiger partial charge in [-0.05, 0) is 46.1 Å². The van der Waals surface area contributed by atoms with Gasteiger partial charge in [-0.2, -0.15) is 17.4 Å². The molecular formula is C13H29N3O2S. The van der Waals surface area contributed by atoms with E-state index in [2.05, 4.69) is 17.0 Å². The fourth-order valence-corrected chi connectivity index (χ4v) is 3.44. The molecule has 1 aliphatic carbocycles. The molecule has 0 aromatic rings. The predicted octanol–water partition coefficient (Wildman–Crippen LogP) is 1.47. The van der Waals surface area contributed by atoms with Gasteiger partial charge in [0.05, 0.1) is 0 Å². The van der Waals surface area contributed by atoms with Crippen LogP contribution in [0, 0.1) is 0 Å². The van der Waals surface area contributed by atoms with Gasteiger partial charge in [0.1, 0.15) is 0 Å². The van der Waals surface area contributed by atoms with Gasteiger partial charge in [-0.15, -0.1) is 0 Å². The molecule has 0 aliphatic heterocycles. The van der Waals surface area contributed by atoms with Gasteiger partial charge in [0.15, 0.2) is 0 Å². The summed E-state index contributed by atoms with van der Waals surface area (Å²) in [5.74, 6) is 0. The summed E-state index contributed by atoms with van der Waals surface area (Å²) in [6.45, 7) is 7.36. The van der Waals surface area contributed by atoms with Crippen LogP contribution in [-0.2, 0) is 10.2 Å². The fraction of sp³-hybridized carbons (Fsp3) is 1.00. The Morgan fingerprint density at radius 3 is 2.47 bits per heavy atom. The smallest absolute Gasteiger partial charge is 0.279 e. The van der Waals surface area contributed by atoms with Crippen molar-refractivity contribution in [1.29, 1.82) is 0 Å². The van der Waals surface area contributed by atoms with Crippen molar-refractivity contribution < 1.29 is 8.42 Å². The maximum absolute atomic E-state index is 12.2. The first-order chi connectivity index (χ1) is 8.77. The van der Waals surface area contributed by atoms with Crippen LogP contribution in [0.3, 0.4) is 0 Å². The molecule has 19 heavy (non-hydrogen) atoms. The molecule has 0 unspecified atom stereocenters. The van der Waals surface area contributed by atoms with E-state index in [1.54, 1.807) is 7.05 Å². The lowest BCUT2D eigenvalue weighted by molar-refractivity contribution is 0.384. The van der Waals surface area contributed by atoms with Crippen molar-refractivity contribution in [2.24, 2.45) is 0 Å². The first-order valence-corrected chi connectivity index (χ1v) is 8.69. The number of nitrogens with one attached hydrogen (secondary N) is 2. The van der Waals surface area contributed by atoms with Gasteiger partial charge < -0.3 is 5.32 Å². The summed E-state index contributed by atoms with van der Waals surface area (Å²) < 4.78 is 28.5. The van der Waals surface area contributed by atoms with Crippen molar-refractivity contribution in [1.82, 2.24) is 14.3 Å². The van der Waals surface area contributed by atoms with Gasteiger partial charge in [-0.1, -0.05) is 13.3 Å². The molecule has 1 saturated carbocycles. The molecule has 0 amide bonds. The predicted molar refractivity (Wildman–Crippen MR) is 79.3 cm³/mol. The van der Waals surface area contributed by atoms with Gasteiger partial charge in [0, 0.05) is 25.2 Å². The Morgan fingerprint density at radius 2 is 1.95 bits per heavy atom. The van der Waals surface area contributed by atoms with Crippen LogP contribution in [-0.4, -0.2) is 44.4 Å². The van der Waals surface area contributed by atoms with Crippen LogP contribution in [0.2, 0.25) is 0 Å². The molecular weight excluding hydrogens is 262 g/mol. The van der Waals surface area contributed by atoms with Gasteiger partial charge >= 0.3 is 0 Å². The summed E-state index contributed by atoms with van der Waals surface area (Å²) in [5, 5.41) is 3.39. The van der Waals surface area contributed by atoms with E-state index in [0.717, 1.165) is 25.8 Å². The minimum atomic E-state index is -3.37. The van der Waals surface area contributed by atoms with Gasteiger partial charge in [-0.3, -0.25) is 0 Å². The molecule has 0 saturated heterocycles. The third-order valence-electron chi connectivity index (χ3n) is 3.35. The van der Waals surface area contributed by atoms with Crippen LogP contribution in [0.15, 0.2) is 0 Å². The molecule has 0 heterocycles. The Balaban J connectivity index is 2.32. The quantitative estimate of drug-likeness (QED) is 0.599. The molecule has 0 aromatic carbocycles. The molecule has 0 aromatic heterocycles. The van der Waals surface area contributed by atoms with E-state index in [9.17, 15) is 8.42 Å². The van der Waals surface area contributed by atoms with E-state index in [4.69, 9.17) is 0 Å². The molecule has 1 aliphatic rings. The van der Waals surface area contributed by atoms with E-state index in [-0.39, 0.29) is 5.54 Å². The molecule has 1 fully saturated rings. The second-order valence-electron chi connectivity index (χ2n) is 6.14. The number of rotatable bonds is 10. The molecule has 5 nitrogen and oxygen atoms in total. The third-order valence-corrected chi connectivity index (χ3v) is 5.16. The largest absolute Gasteiger partial charge is 0.314 e. The monoisotopic (exact) mass is 291 g/mol. The lowest BCUT2D eigenvalue weighted by Crippen LogP contribution is -2.49. The van der Waals surface area contributed by atoms with Crippen molar-refractivity contribution in [3.05, 3.63) is 0 Å². The summed E-state index contributed by atoms with van der Waals surface area (Å²) in [4.78, 5) is 0. The van der Waals surface area contributed by atoms with Crippen molar-refractivity contribution in [2.75, 3.05) is 20.1 Å². The van der Waals surface area contributed by atoms with Crippen LogP contribution in [0.4, 0.5) is 0 Å². The highest BCUT2D eigenvalue weighted by Crippen LogP contribution is 2.18. The summed E-state index contributed by atoms with van der Waals surface area (Å²) in [6.07, 6.45) is 5.18. The van der Waals surface area contributed by atoms with Crippen LogP contribution in [0.1, 0.15) is 52.9 Å².